The molecular formula is C28H26O9. The lowest BCUT2D eigenvalue weighted by Gasteiger charge is -2.42. The molecule has 0 amide bonds. The molecule has 3 unspecified atom stereocenters. The van der Waals surface area contributed by atoms with Gasteiger partial charge in [0.05, 0.1) is 16.7 Å². The van der Waals surface area contributed by atoms with E-state index in [1.165, 1.54) is 7.11 Å². The summed E-state index contributed by atoms with van der Waals surface area (Å²) in [6, 6.07) is 24.7. The van der Waals surface area contributed by atoms with Crippen molar-refractivity contribution in [1.29, 1.82) is 0 Å². The molecule has 1 saturated heterocycles. The molecule has 1 fully saturated rings. The number of aliphatic hydroxyl groups excluding tert-OH is 1. The van der Waals surface area contributed by atoms with Crippen molar-refractivity contribution in [3.05, 3.63) is 108 Å². The molecule has 1 aliphatic heterocycles. The van der Waals surface area contributed by atoms with Crippen LogP contribution in [0.25, 0.3) is 0 Å². The summed E-state index contributed by atoms with van der Waals surface area (Å²) in [5.74, 6) is -2.10. The molecule has 37 heavy (non-hydrogen) atoms. The normalized spacial score (nSPS) is 23.0. The number of aliphatic hydroxyl groups is 1. The number of hydrogen-bond donors (Lipinski definition) is 1. The molecule has 0 radical (unpaired) electrons. The second-order valence-corrected chi connectivity index (χ2v) is 8.21. The zero-order valence-corrected chi connectivity index (χ0v) is 20.0. The van der Waals surface area contributed by atoms with E-state index in [2.05, 4.69) is 0 Å². The summed E-state index contributed by atoms with van der Waals surface area (Å²) in [6.07, 6.45) is -6.60. The lowest BCUT2D eigenvalue weighted by molar-refractivity contribution is -0.292. The number of benzene rings is 3. The van der Waals surface area contributed by atoms with Gasteiger partial charge in [0.2, 0.25) is 0 Å². The third-order valence-electron chi connectivity index (χ3n) is 5.74. The standard InChI is InChI=1S/C28H26O9/c1-33-28-24(37-27(32)20-15-9-4-10-16-20)23(36-26(31)19-13-7-3-8-14-19)22(29)21(35-28)17-34-25(30)18-11-5-2-6-12-18/h2-16,21-24,28-29H,17H2,1H3/t21?,22-,23?,24?,28+/m1/s1. The molecule has 1 heterocycles. The van der Waals surface area contributed by atoms with E-state index >= 15 is 0 Å². The van der Waals surface area contributed by atoms with Gasteiger partial charge in [0.25, 0.3) is 0 Å². The van der Waals surface area contributed by atoms with Gasteiger partial charge in [-0.1, -0.05) is 54.6 Å². The Morgan fingerprint density at radius 3 is 1.59 bits per heavy atom. The third kappa shape index (κ3) is 6.39. The number of hydrogen-bond acceptors (Lipinski definition) is 9. The van der Waals surface area contributed by atoms with Crippen LogP contribution in [0.5, 0.6) is 0 Å². The first kappa shape index (κ1) is 26.0. The molecule has 0 saturated carbocycles. The van der Waals surface area contributed by atoms with Crippen molar-refractivity contribution in [2.75, 3.05) is 13.7 Å². The number of ether oxygens (including phenoxy) is 5. The number of esters is 3. The smallest absolute Gasteiger partial charge is 0.338 e. The Balaban J connectivity index is 1.55. The molecular weight excluding hydrogens is 480 g/mol. The number of methoxy groups -OCH3 is 1. The summed E-state index contributed by atoms with van der Waals surface area (Å²) < 4.78 is 27.7. The molecule has 1 aliphatic rings. The predicted octanol–water partition coefficient (Wildman–Crippen LogP) is 3.03. The summed E-state index contributed by atoms with van der Waals surface area (Å²) in [5, 5.41) is 11.1. The lowest BCUT2D eigenvalue weighted by Crippen LogP contribution is -2.61. The molecule has 5 atom stereocenters. The first-order valence-corrected chi connectivity index (χ1v) is 11.6. The topological polar surface area (TPSA) is 118 Å². The van der Waals surface area contributed by atoms with Crippen molar-refractivity contribution < 1.29 is 43.2 Å². The number of rotatable bonds is 8. The number of carbonyl (C=O) groups is 3. The van der Waals surface area contributed by atoms with E-state index in [1.54, 1.807) is 91.0 Å². The molecule has 9 nitrogen and oxygen atoms in total. The SMILES string of the molecule is CO[C@H]1OC(COC(=O)c2ccccc2)[C@@H](O)C(OC(=O)c2ccccc2)C1OC(=O)c1ccccc1. The van der Waals surface area contributed by atoms with Crippen molar-refractivity contribution in [2.45, 2.75) is 30.7 Å². The fourth-order valence-corrected chi connectivity index (χ4v) is 3.83. The molecule has 0 bridgehead atoms. The Bertz CT molecular complexity index is 1180. The van der Waals surface area contributed by atoms with Crippen molar-refractivity contribution in [2.24, 2.45) is 0 Å². The van der Waals surface area contributed by atoms with E-state index in [0.717, 1.165) is 0 Å². The van der Waals surface area contributed by atoms with Gasteiger partial charge in [-0.25, -0.2) is 14.4 Å². The van der Waals surface area contributed by atoms with Crippen LogP contribution in [0, 0.1) is 0 Å². The van der Waals surface area contributed by atoms with Crippen LogP contribution in [0.2, 0.25) is 0 Å². The maximum absolute atomic E-state index is 12.9. The van der Waals surface area contributed by atoms with Gasteiger partial charge < -0.3 is 28.8 Å². The molecule has 1 N–H and O–H groups in total. The van der Waals surface area contributed by atoms with Gasteiger partial charge in [0, 0.05) is 7.11 Å². The van der Waals surface area contributed by atoms with Crippen molar-refractivity contribution >= 4 is 17.9 Å². The Kier molecular flexibility index (Phi) is 8.63. The Hall–Kier alpha value is -4.05. The van der Waals surface area contributed by atoms with Crippen LogP contribution in [-0.2, 0) is 23.7 Å². The van der Waals surface area contributed by atoms with Gasteiger partial charge in [-0.2, -0.15) is 0 Å². The number of carbonyl (C=O) groups excluding carboxylic acids is 3. The first-order valence-electron chi connectivity index (χ1n) is 11.6. The quantitative estimate of drug-likeness (QED) is 0.363. The van der Waals surface area contributed by atoms with Crippen LogP contribution in [0.4, 0.5) is 0 Å². The molecule has 192 valence electrons. The maximum Gasteiger partial charge on any atom is 0.338 e. The third-order valence-corrected chi connectivity index (χ3v) is 5.74. The van der Waals surface area contributed by atoms with E-state index in [1.807, 2.05) is 0 Å². The largest absolute Gasteiger partial charge is 0.459 e. The second-order valence-electron chi connectivity index (χ2n) is 8.21. The fourth-order valence-electron chi connectivity index (χ4n) is 3.83. The van der Waals surface area contributed by atoms with Crippen molar-refractivity contribution in [1.82, 2.24) is 0 Å². The highest BCUT2D eigenvalue weighted by Crippen LogP contribution is 2.28. The van der Waals surface area contributed by atoms with Crippen LogP contribution < -0.4 is 0 Å². The summed E-state index contributed by atoms with van der Waals surface area (Å²) in [7, 11) is 1.31. The molecule has 0 aromatic heterocycles. The van der Waals surface area contributed by atoms with E-state index < -0.39 is 48.6 Å². The summed E-state index contributed by atoms with van der Waals surface area (Å²) in [4.78, 5) is 38.1. The molecule has 9 heteroatoms. The van der Waals surface area contributed by atoms with Gasteiger partial charge >= 0.3 is 17.9 Å². The minimum Gasteiger partial charge on any atom is -0.459 e. The van der Waals surface area contributed by atoms with E-state index in [-0.39, 0.29) is 17.7 Å². The summed E-state index contributed by atoms with van der Waals surface area (Å²) >= 11 is 0. The van der Waals surface area contributed by atoms with E-state index in [9.17, 15) is 19.5 Å². The average molecular weight is 507 g/mol. The van der Waals surface area contributed by atoms with Crippen LogP contribution in [0.3, 0.4) is 0 Å². The lowest BCUT2D eigenvalue weighted by atomic mass is 9.98. The molecule has 0 aliphatic carbocycles. The van der Waals surface area contributed by atoms with Gasteiger partial charge in [0.15, 0.2) is 18.5 Å². The monoisotopic (exact) mass is 506 g/mol. The fraction of sp³-hybridized carbons (Fsp3) is 0.250. The van der Waals surface area contributed by atoms with Gasteiger partial charge in [-0.3, -0.25) is 0 Å². The van der Waals surface area contributed by atoms with E-state index in [0.29, 0.717) is 5.56 Å². The van der Waals surface area contributed by atoms with Gasteiger partial charge in [-0.15, -0.1) is 0 Å². The highest BCUT2D eigenvalue weighted by molar-refractivity contribution is 5.90. The van der Waals surface area contributed by atoms with Crippen LogP contribution in [0.15, 0.2) is 91.0 Å². The highest BCUT2D eigenvalue weighted by atomic mass is 16.7. The molecule has 3 aromatic rings. The van der Waals surface area contributed by atoms with E-state index in [4.69, 9.17) is 23.7 Å². The molecule has 3 aromatic carbocycles. The Morgan fingerprint density at radius 1 is 0.703 bits per heavy atom. The maximum atomic E-state index is 12.9. The van der Waals surface area contributed by atoms with Crippen LogP contribution in [-0.4, -0.2) is 67.4 Å². The van der Waals surface area contributed by atoms with Crippen LogP contribution >= 0.6 is 0 Å². The molecule has 4 rings (SSSR count). The molecule has 0 spiro atoms. The second kappa shape index (κ2) is 12.3. The summed E-state index contributed by atoms with van der Waals surface area (Å²) in [6.45, 7) is -0.368. The van der Waals surface area contributed by atoms with Crippen LogP contribution in [0.1, 0.15) is 31.1 Å². The Labute approximate surface area is 213 Å². The first-order chi connectivity index (χ1) is 18.0. The highest BCUT2D eigenvalue weighted by Gasteiger charge is 2.50. The minimum absolute atomic E-state index is 0.232. The minimum atomic E-state index is -1.52. The Morgan fingerprint density at radius 2 is 1.14 bits per heavy atom. The van der Waals surface area contributed by atoms with Gasteiger partial charge in [-0.05, 0) is 36.4 Å². The predicted molar refractivity (Wildman–Crippen MR) is 130 cm³/mol. The average Bonchev–Trinajstić information content (AvgIpc) is 2.95. The van der Waals surface area contributed by atoms with Crippen molar-refractivity contribution in [3.8, 4) is 0 Å². The zero-order valence-electron chi connectivity index (χ0n) is 20.0. The van der Waals surface area contributed by atoms with Gasteiger partial charge in [0.1, 0.15) is 18.8 Å². The summed E-state index contributed by atoms with van der Waals surface area (Å²) in [5.41, 5.74) is 0.798. The zero-order chi connectivity index (χ0) is 26.2. The van der Waals surface area contributed by atoms with Crippen molar-refractivity contribution in [3.63, 3.8) is 0 Å².